The van der Waals surface area contributed by atoms with Crippen LogP contribution in [0, 0.1) is 23.0 Å². The molecule has 0 aliphatic carbocycles. The van der Waals surface area contributed by atoms with E-state index < -0.39 is 29.4 Å². The summed E-state index contributed by atoms with van der Waals surface area (Å²) in [5, 5.41) is 11.6. The highest BCUT2D eigenvalue weighted by Gasteiger charge is 2.25. The first-order chi connectivity index (χ1) is 9.60. The maximum absolute atomic E-state index is 13.0. The third-order valence-electron chi connectivity index (χ3n) is 2.90. The molecule has 6 heteroatoms. The molecular formula is C15H19F2NO3. The Labute approximate surface area is 122 Å². The quantitative estimate of drug-likeness (QED) is 0.878. The van der Waals surface area contributed by atoms with Gasteiger partial charge < -0.3 is 10.4 Å². The zero-order chi connectivity index (χ0) is 16.2. The van der Waals surface area contributed by atoms with Crippen LogP contribution in [0.1, 0.15) is 37.6 Å². The van der Waals surface area contributed by atoms with E-state index >= 15 is 0 Å². The van der Waals surface area contributed by atoms with Gasteiger partial charge in [0.2, 0.25) is 0 Å². The highest BCUT2D eigenvalue weighted by atomic mass is 19.2. The number of carboxylic acids is 1. The van der Waals surface area contributed by atoms with Gasteiger partial charge in [-0.15, -0.1) is 0 Å². The molecule has 0 aromatic heterocycles. The van der Waals surface area contributed by atoms with E-state index in [0.29, 0.717) is 6.42 Å². The molecule has 1 unspecified atom stereocenters. The summed E-state index contributed by atoms with van der Waals surface area (Å²) in [6.45, 7) is 5.64. The maximum Gasteiger partial charge on any atom is 0.308 e. The van der Waals surface area contributed by atoms with Gasteiger partial charge in [-0.25, -0.2) is 8.78 Å². The molecule has 1 aromatic carbocycles. The fourth-order valence-corrected chi connectivity index (χ4v) is 1.94. The summed E-state index contributed by atoms with van der Waals surface area (Å²) in [5.41, 5.74) is -0.246. The first kappa shape index (κ1) is 17.1. The van der Waals surface area contributed by atoms with Crippen molar-refractivity contribution in [1.82, 2.24) is 5.32 Å². The number of rotatable bonds is 5. The SMILES string of the molecule is CC(C)(C)CC(CNC(=O)c1ccc(F)c(F)c1)C(=O)O. The first-order valence-electron chi connectivity index (χ1n) is 6.56. The van der Waals surface area contributed by atoms with E-state index in [4.69, 9.17) is 5.11 Å². The number of aliphatic carboxylic acids is 1. The summed E-state index contributed by atoms with van der Waals surface area (Å²) in [7, 11) is 0. The van der Waals surface area contributed by atoms with Gasteiger partial charge in [-0.05, 0) is 30.0 Å². The molecule has 0 bridgehead atoms. The summed E-state index contributed by atoms with van der Waals surface area (Å²) < 4.78 is 25.8. The van der Waals surface area contributed by atoms with Gasteiger partial charge in [0.15, 0.2) is 11.6 Å². The third kappa shape index (κ3) is 5.49. The van der Waals surface area contributed by atoms with Crippen LogP contribution in [0.2, 0.25) is 0 Å². The Balaban J connectivity index is 2.69. The summed E-state index contributed by atoms with van der Waals surface area (Å²) in [6.07, 6.45) is 0.389. The third-order valence-corrected chi connectivity index (χ3v) is 2.90. The average Bonchev–Trinajstić information content (AvgIpc) is 2.35. The second-order valence-corrected chi connectivity index (χ2v) is 6.14. The Bertz CT molecular complexity index is 538. The van der Waals surface area contributed by atoms with E-state index in [2.05, 4.69) is 5.32 Å². The number of hydrogen-bond acceptors (Lipinski definition) is 2. The molecule has 0 saturated heterocycles. The summed E-state index contributed by atoms with van der Waals surface area (Å²) in [5.74, 6) is -4.53. The van der Waals surface area contributed by atoms with Crippen molar-refractivity contribution in [1.29, 1.82) is 0 Å². The molecule has 0 aliphatic rings. The second-order valence-electron chi connectivity index (χ2n) is 6.14. The lowest BCUT2D eigenvalue weighted by molar-refractivity contribution is -0.142. The van der Waals surface area contributed by atoms with Gasteiger partial charge in [0.25, 0.3) is 5.91 Å². The molecule has 0 radical (unpaired) electrons. The number of carbonyl (C=O) groups excluding carboxylic acids is 1. The number of benzene rings is 1. The maximum atomic E-state index is 13.0. The van der Waals surface area contributed by atoms with E-state index in [0.717, 1.165) is 18.2 Å². The average molecular weight is 299 g/mol. The van der Waals surface area contributed by atoms with Gasteiger partial charge in [-0.2, -0.15) is 0 Å². The second kappa shape index (κ2) is 6.65. The van der Waals surface area contributed by atoms with E-state index in [9.17, 15) is 18.4 Å². The van der Waals surface area contributed by atoms with Gasteiger partial charge in [0, 0.05) is 12.1 Å². The van der Waals surface area contributed by atoms with Gasteiger partial charge in [-0.3, -0.25) is 9.59 Å². The number of carboxylic acid groups (broad SMARTS) is 1. The van der Waals surface area contributed by atoms with Crippen LogP contribution in [0.15, 0.2) is 18.2 Å². The number of carbonyl (C=O) groups is 2. The summed E-state index contributed by atoms with van der Waals surface area (Å²) in [4.78, 5) is 23.0. The molecule has 116 valence electrons. The van der Waals surface area contributed by atoms with Crippen molar-refractivity contribution < 1.29 is 23.5 Å². The number of hydrogen-bond donors (Lipinski definition) is 2. The molecule has 0 spiro atoms. The van der Waals surface area contributed by atoms with E-state index in [1.54, 1.807) is 0 Å². The van der Waals surface area contributed by atoms with Crippen molar-refractivity contribution in [3.63, 3.8) is 0 Å². The molecule has 4 nitrogen and oxygen atoms in total. The van der Waals surface area contributed by atoms with Crippen LogP contribution in [0.5, 0.6) is 0 Å². The van der Waals surface area contributed by atoms with Crippen molar-refractivity contribution in [2.24, 2.45) is 11.3 Å². The lowest BCUT2D eigenvalue weighted by Gasteiger charge is -2.23. The number of amides is 1. The standard InChI is InChI=1S/C15H19F2NO3/c1-15(2,3)7-10(14(20)21)8-18-13(19)9-4-5-11(16)12(17)6-9/h4-6,10H,7-8H2,1-3H3,(H,18,19)(H,20,21). The molecule has 1 amide bonds. The molecule has 21 heavy (non-hydrogen) atoms. The fourth-order valence-electron chi connectivity index (χ4n) is 1.94. The van der Waals surface area contributed by atoms with Crippen LogP contribution < -0.4 is 5.32 Å². The minimum atomic E-state index is -1.12. The minimum Gasteiger partial charge on any atom is -0.481 e. The van der Waals surface area contributed by atoms with Crippen molar-refractivity contribution in [3.05, 3.63) is 35.4 Å². The molecule has 0 saturated carbocycles. The summed E-state index contributed by atoms with van der Waals surface area (Å²) in [6, 6.07) is 2.78. The number of nitrogens with one attached hydrogen (secondary N) is 1. The van der Waals surface area contributed by atoms with Gasteiger partial charge in [0.1, 0.15) is 0 Å². The normalized spacial score (nSPS) is 12.8. The Kier molecular flexibility index (Phi) is 5.41. The van der Waals surface area contributed by atoms with E-state index in [1.807, 2.05) is 20.8 Å². The predicted octanol–water partition coefficient (Wildman–Crippen LogP) is 2.83. The smallest absolute Gasteiger partial charge is 0.308 e. The Morgan fingerprint density at radius 3 is 2.33 bits per heavy atom. The van der Waals surface area contributed by atoms with Crippen molar-refractivity contribution in [3.8, 4) is 0 Å². The molecule has 1 rings (SSSR count). The van der Waals surface area contributed by atoms with Crippen molar-refractivity contribution in [2.45, 2.75) is 27.2 Å². The van der Waals surface area contributed by atoms with Crippen LogP contribution in [0.25, 0.3) is 0 Å². The summed E-state index contributed by atoms with van der Waals surface area (Å²) >= 11 is 0. The van der Waals surface area contributed by atoms with Gasteiger partial charge in [0.05, 0.1) is 5.92 Å². The molecular weight excluding hydrogens is 280 g/mol. The fraction of sp³-hybridized carbons (Fsp3) is 0.467. The zero-order valence-electron chi connectivity index (χ0n) is 12.2. The monoisotopic (exact) mass is 299 g/mol. The lowest BCUT2D eigenvalue weighted by atomic mass is 9.84. The van der Waals surface area contributed by atoms with Crippen LogP contribution in [0.4, 0.5) is 8.78 Å². The lowest BCUT2D eigenvalue weighted by Crippen LogP contribution is -2.35. The van der Waals surface area contributed by atoms with Crippen LogP contribution in [0.3, 0.4) is 0 Å². The predicted molar refractivity (Wildman–Crippen MR) is 73.9 cm³/mol. The van der Waals surface area contributed by atoms with E-state index in [1.165, 1.54) is 0 Å². The molecule has 0 heterocycles. The highest BCUT2D eigenvalue weighted by molar-refractivity contribution is 5.94. The Morgan fingerprint density at radius 2 is 1.86 bits per heavy atom. The van der Waals surface area contributed by atoms with Crippen LogP contribution >= 0.6 is 0 Å². The molecule has 0 fully saturated rings. The molecule has 1 atom stereocenters. The van der Waals surface area contributed by atoms with E-state index in [-0.39, 0.29) is 17.5 Å². The molecule has 2 N–H and O–H groups in total. The Morgan fingerprint density at radius 1 is 1.24 bits per heavy atom. The number of halogens is 2. The van der Waals surface area contributed by atoms with Crippen LogP contribution in [-0.4, -0.2) is 23.5 Å². The zero-order valence-corrected chi connectivity index (χ0v) is 12.2. The Hall–Kier alpha value is -1.98. The largest absolute Gasteiger partial charge is 0.481 e. The molecule has 0 aliphatic heterocycles. The first-order valence-corrected chi connectivity index (χ1v) is 6.56. The van der Waals surface area contributed by atoms with Crippen molar-refractivity contribution in [2.75, 3.05) is 6.54 Å². The molecule has 1 aromatic rings. The van der Waals surface area contributed by atoms with Gasteiger partial charge in [-0.1, -0.05) is 20.8 Å². The van der Waals surface area contributed by atoms with Crippen LogP contribution in [-0.2, 0) is 4.79 Å². The van der Waals surface area contributed by atoms with Crippen molar-refractivity contribution >= 4 is 11.9 Å². The topological polar surface area (TPSA) is 66.4 Å². The van der Waals surface area contributed by atoms with Gasteiger partial charge >= 0.3 is 5.97 Å². The highest BCUT2D eigenvalue weighted by Crippen LogP contribution is 2.24. The minimum absolute atomic E-state index is 0.0474.